The van der Waals surface area contributed by atoms with Crippen molar-refractivity contribution in [3.8, 4) is 17.1 Å². The van der Waals surface area contributed by atoms with Crippen molar-refractivity contribution in [2.24, 2.45) is 0 Å². The lowest BCUT2D eigenvalue weighted by Crippen LogP contribution is -2.16. The van der Waals surface area contributed by atoms with Gasteiger partial charge < -0.3 is 13.9 Å². The fourth-order valence-corrected chi connectivity index (χ4v) is 2.37. The van der Waals surface area contributed by atoms with Crippen LogP contribution in [0.2, 0.25) is 0 Å². The van der Waals surface area contributed by atoms with Gasteiger partial charge >= 0.3 is 0 Å². The van der Waals surface area contributed by atoms with E-state index in [1.54, 1.807) is 18.2 Å². The molecule has 1 aromatic heterocycles. The third kappa shape index (κ3) is 2.97. The molecule has 3 rings (SSSR count). The SMILES string of the molecule is O=Cc1ccc(-c2c(F)cccc2OCC2CCCO2)o1. The van der Waals surface area contributed by atoms with E-state index in [1.807, 2.05) is 0 Å². The van der Waals surface area contributed by atoms with Gasteiger partial charge in [-0.15, -0.1) is 0 Å². The maximum absolute atomic E-state index is 14.1. The molecule has 4 nitrogen and oxygen atoms in total. The molecule has 2 aromatic rings. The molecule has 110 valence electrons. The second-order valence-corrected chi connectivity index (χ2v) is 4.88. The minimum absolute atomic E-state index is 0.0447. The lowest BCUT2D eigenvalue weighted by Gasteiger charge is -2.14. The van der Waals surface area contributed by atoms with E-state index in [2.05, 4.69) is 0 Å². The number of benzene rings is 1. The third-order valence-corrected chi connectivity index (χ3v) is 3.41. The first-order chi connectivity index (χ1) is 10.3. The van der Waals surface area contributed by atoms with Crippen LogP contribution in [0.4, 0.5) is 4.39 Å². The van der Waals surface area contributed by atoms with Gasteiger partial charge in [-0.3, -0.25) is 4.79 Å². The molecule has 21 heavy (non-hydrogen) atoms. The van der Waals surface area contributed by atoms with E-state index in [9.17, 15) is 9.18 Å². The predicted molar refractivity (Wildman–Crippen MR) is 74.0 cm³/mol. The molecule has 1 aliphatic heterocycles. The van der Waals surface area contributed by atoms with Crippen LogP contribution in [-0.2, 0) is 4.74 Å². The van der Waals surface area contributed by atoms with Crippen LogP contribution in [-0.4, -0.2) is 25.6 Å². The number of carbonyl (C=O) groups excluding carboxylic acids is 1. The molecule has 0 aliphatic carbocycles. The fraction of sp³-hybridized carbons (Fsp3) is 0.312. The molecular formula is C16H15FO4. The first-order valence-electron chi connectivity index (χ1n) is 6.86. The van der Waals surface area contributed by atoms with E-state index in [0.717, 1.165) is 19.4 Å². The standard InChI is InChI=1S/C16H15FO4/c17-13-4-1-5-14(20-10-12-3-2-8-19-12)16(13)15-7-6-11(9-18)21-15/h1,4-7,9,12H,2-3,8,10H2. The Balaban J connectivity index is 1.85. The number of hydrogen-bond acceptors (Lipinski definition) is 4. The summed E-state index contributed by atoms with van der Waals surface area (Å²) in [4.78, 5) is 10.7. The summed E-state index contributed by atoms with van der Waals surface area (Å²) in [5, 5.41) is 0. The molecule has 1 saturated heterocycles. The summed E-state index contributed by atoms with van der Waals surface area (Å²) >= 11 is 0. The Labute approximate surface area is 121 Å². The van der Waals surface area contributed by atoms with E-state index < -0.39 is 5.82 Å². The molecule has 0 saturated carbocycles. The van der Waals surface area contributed by atoms with Crippen molar-refractivity contribution in [3.05, 3.63) is 41.9 Å². The number of ether oxygens (including phenoxy) is 2. The highest BCUT2D eigenvalue weighted by Gasteiger charge is 2.19. The number of rotatable bonds is 5. The molecule has 2 heterocycles. The van der Waals surface area contributed by atoms with Gasteiger partial charge in [0.2, 0.25) is 0 Å². The maximum atomic E-state index is 14.1. The number of furan rings is 1. The van der Waals surface area contributed by atoms with Crippen molar-refractivity contribution in [1.29, 1.82) is 0 Å². The Kier molecular flexibility index (Phi) is 4.01. The van der Waals surface area contributed by atoms with Crippen LogP contribution in [0.5, 0.6) is 5.75 Å². The highest BCUT2D eigenvalue weighted by molar-refractivity contribution is 5.74. The average molecular weight is 290 g/mol. The molecule has 1 unspecified atom stereocenters. The number of halogens is 1. The second-order valence-electron chi connectivity index (χ2n) is 4.88. The zero-order valence-corrected chi connectivity index (χ0v) is 11.4. The van der Waals surface area contributed by atoms with Crippen molar-refractivity contribution in [3.63, 3.8) is 0 Å². The molecule has 0 spiro atoms. The molecule has 1 fully saturated rings. The Morgan fingerprint density at radius 3 is 2.95 bits per heavy atom. The van der Waals surface area contributed by atoms with Crippen LogP contribution in [0.15, 0.2) is 34.7 Å². The highest BCUT2D eigenvalue weighted by Crippen LogP contribution is 2.34. The van der Waals surface area contributed by atoms with Crippen LogP contribution in [0.3, 0.4) is 0 Å². The van der Waals surface area contributed by atoms with Crippen molar-refractivity contribution >= 4 is 6.29 Å². The number of hydrogen-bond donors (Lipinski definition) is 0. The van der Waals surface area contributed by atoms with Crippen LogP contribution in [0, 0.1) is 5.82 Å². The molecule has 1 aliphatic rings. The topological polar surface area (TPSA) is 48.7 Å². The quantitative estimate of drug-likeness (QED) is 0.791. The average Bonchev–Trinajstić information content (AvgIpc) is 3.16. The van der Waals surface area contributed by atoms with Gasteiger partial charge in [0.1, 0.15) is 23.9 Å². The van der Waals surface area contributed by atoms with Gasteiger partial charge in [0.15, 0.2) is 12.0 Å². The van der Waals surface area contributed by atoms with E-state index >= 15 is 0 Å². The summed E-state index contributed by atoms with van der Waals surface area (Å²) in [5.74, 6) is 0.361. The van der Waals surface area contributed by atoms with Crippen molar-refractivity contribution in [2.45, 2.75) is 18.9 Å². The molecule has 1 atom stereocenters. The van der Waals surface area contributed by atoms with Crippen molar-refractivity contribution in [2.75, 3.05) is 13.2 Å². The molecule has 0 radical (unpaired) electrons. The van der Waals surface area contributed by atoms with Crippen LogP contribution in [0.1, 0.15) is 23.4 Å². The summed E-state index contributed by atoms with van der Waals surface area (Å²) in [6.45, 7) is 1.11. The normalized spacial score (nSPS) is 17.9. The second kappa shape index (κ2) is 6.10. The predicted octanol–water partition coefficient (Wildman–Crippen LogP) is 3.46. The Morgan fingerprint density at radius 2 is 2.24 bits per heavy atom. The zero-order chi connectivity index (χ0) is 14.7. The Morgan fingerprint density at radius 1 is 1.33 bits per heavy atom. The summed E-state index contributed by atoms with van der Waals surface area (Å²) in [6.07, 6.45) is 2.59. The largest absolute Gasteiger partial charge is 0.490 e. The Hall–Kier alpha value is -2.14. The lowest BCUT2D eigenvalue weighted by molar-refractivity contribution is 0.0680. The number of carbonyl (C=O) groups is 1. The summed E-state index contributed by atoms with van der Waals surface area (Å²) in [6, 6.07) is 7.64. The smallest absolute Gasteiger partial charge is 0.185 e. The van der Waals surface area contributed by atoms with E-state index in [4.69, 9.17) is 13.9 Å². The van der Waals surface area contributed by atoms with Crippen LogP contribution < -0.4 is 4.74 Å². The van der Waals surface area contributed by atoms with E-state index in [1.165, 1.54) is 12.1 Å². The van der Waals surface area contributed by atoms with Gasteiger partial charge in [-0.1, -0.05) is 6.07 Å². The molecule has 5 heteroatoms. The summed E-state index contributed by atoms with van der Waals surface area (Å²) in [5.41, 5.74) is 0.226. The van der Waals surface area contributed by atoms with E-state index in [-0.39, 0.29) is 23.2 Å². The van der Waals surface area contributed by atoms with Gasteiger partial charge in [-0.2, -0.15) is 0 Å². The van der Waals surface area contributed by atoms with Gasteiger partial charge in [0.05, 0.1) is 11.7 Å². The lowest BCUT2D eigenvalue weighted by atomic mass is 10.1. The first-order valence-corrected chi connectivity index (χ1v) is 6.86. The maximum Gasteiger partial charge on any atom is 0.185 e. The van der Waals surface area contributed by atoms with Gasteiger partial charge in [-0.05, 0) is 37.1 Å². The minimum atomic E-state index is -0.452. The summed E-state index contributed by atoms with van der Waals surface area (Å²) in [7, 11) is 0. The molecular weight excluding hydrogens is 275 g/mol. The van der Waals surface area contributed by atoms with Gasteiger partial charge in [0.25, 0.3) is 0 Å². The molecule has 1 aromatic carbocycles. The molecule has 0 amide bonds. The molecule has 0 bridgehead atoms. The van der Waals surface area contributed by atoms with Gasteiger partial charge in [-0.25, -0.2) is 4.39 Å². The Bertz CT molecular complexity index is 629. The summed E-state index contributed by atoms with van der Waals surface area (Å²) < 4.78 is 30.6. The van der Waals surface area contributed by atoms with E-state index in [0.29, 0.717) is 18.6 Å². The third-order valence-electron chi connectivity index (χ3n) is 3.41. The number of aldehydes is 1. The highest BCUT2D eigenvalue weighted by atomic mass is 19.1. The first kappa shape index (κ1) is 13.8. The zero-order valence-electron chi connectivity index (χ0n) is 11.4. The molecule has 0 N–H and O–H groups in total. The van der Waals surface area contributed by atoms with Crippen molar-refractivity contribution in [1.82, 2.24) is 0 Å². The minimum Gasteiger partial charge on any atom is -0.490 e. The fourth-order valence-electron chi connectivity index (χ4n) is 2.37. The van der Waals surface area contributed by atoms with Crippen LogP contribution in [0.25, 0.3) is 11.3 Å². The van der Waals surface area contributed by atoms with Crippen molar-refractivity contribution < 1.29 is 23.1 Å². The van der Waals surface area contributed by atoms with Gasteiger partial charge in [0, 0.05) is 6.61 Å². The van der Waals surface area contributed by atoms with Crippen LogP contribution >= 0.6 is 0 Å². The monoisotopic (exact) mass is 290 g/mol.